The zero-order valence-electron chi connectivity index (χ0n) is 13.9. The number of aromatic nitrogens is 2. The van der Waals surface area contributed by atoms with Crippen LogP contribution < -0.4 is 14.4 Å². The topological polar surface area (TPSA) is 84.4 Å². The van der Waals surface area contributed by atoms with Crippen molar-refractivity contribution in [1.29, 1.82) is 0 Å². The average molecular weight is 354 g/mol. The van der Waals surface area contributed by atoms with E-state index >= 15 is 0 Å². The van der Waals surface area contributed by atoms with Gasteiger partial charge in [-0.1, -0.05) is 0 Å². The largest absolute Gasteiger partial charge is 0.494 e. The lowest BCUT2D eigenvalue weighted by Crippen LogP contribution is -2.25. The molecule has 130 valence electrons. The van der Waals surface area contributed by atoms with E-state index in [0.29, 0.717) is 11.6 Å². The smallest absolute Gasteiger partial charge is 0.241 e. The molecule has 0 aliphatic carbocycles. The van der Waals surface area contributed by atoms with E-state index in [0.717, 1.165) is 11.8 Å². The van der Waals surface area contributed by atoms with E-state index in [9.17, 15) is 12.8 Å². The molecule has 1 aromatic heterocycles. The Balaban J connectivity index is 2.20. The first kappa shape index (κ1) is 18.1. The number of nitrogens with zero attached hydrogens (tertiary/aromatic N) is 3. The van der Waals surface area contributed by atoms with Crippen LogP contribution in [0, 0.1) is 12.7 Å². The average Bonchev–Trinajstić information content (AvgIpc) is 2.52. The second-order valence-electron chi connectivity index (χ2n) is 5.30. The molecule has 9 heteroatoms. The van der Waals surface area contributed by atoms with Gasteiger partial charge in [0.1, 0.15) is 11.6 Å². The Morgan fingerprint density at radius 1 is 1.25 bits per heavy atom. The summed E-state index contributed by atoms with van der Waals surface area (Å²) in [5.74, 6) is 0.233. The van der Waals surface area contributed by atoms with Crippen molar-refractivity contribution in [2.24, 2.45) is 0 Å². The van der Waals surface area contributed by atoms with Crippen LogP contribution in [0.15, 0.2) is 29.2 Å². The van der Waals surface area contributed by atoms with Gasteiger partial charge in [-0.3, -0.25) is 0 Å². The highest BCUT2D eigenvalue weighted by Crippen LogP contribution is 2.20. The van der Waals surface area contributed by atoms with Crippen LogP contribution in [-0.2, 0) is 16.6 Å². The summed E-state index contributed by atoms with van der Waals surface area (Å²) in [5.41, 5.74) is 0.721. The Hall–Kier alpha value is -2.26. The van der Waals surface area contributed by atoms with E-state index in [-0.39, 0.29) is 17.2 Å². The monoisotopic (exact) mass is 354 g/mol. The maximum absolute atomic E-state index is 13.7. The van der Waals surface area contributed by atoms with E-state index in [1.165, 1.54) is 19.2 Å². The van der Waals surface area contributed by atoms with E-state index in [2.05, 4.69) is 14.7 Å². The molecule has 0 amide bonds. The van der Waals surface area contributed by atoms with Crippen LogP contribution in [0.3, 0.4) is 0 Å². The number of methoxy groups -OCH3 is 1. The number of benzene rings is 1. The molecule has 7 nitrogen and oxygen atoms in total. The molecule has 24 heavy (non-hydrogen) atoms. The van der Waals surface area contributed by atoms with Gasteiger partial charge in [0.05, 0.1) is 18.6 Å². The summed E-state index contributed by atoms with van der Waals surface area (Å²) in [6.45, 7) is 1.70. The van der Waals surface area contributed by atoms with Gasteiger partial charge >= 0.3 is 0 Å². The fraction of sp³-hybridized carbons (Fsp3) is 0.333. The van der Waals surface area contributed by atoms with Crippen molar-refractivity contribution in [2.75, 3.05) is 26.1 Å². The van der Waals surface area contributed by atoms with Gasteiger partial charge in [0, 0.05) is 25.9 Å². The van der Waals surface area contributed by atoms with E-state index < -0.39 is 15.8 Å². The van der Waals surface area contributed by atoms with E-state index in [4.69, 9.17) is 4.74 Å². The molecule has 0 saturated carbocycles. The standard InChI is InChI=1S/C15H19FN4O3S/c1-10-7-15(20(2)3)19-14(18-10)9-17-24(21,22)11-5-6-13(23-4)12(16)8-11/h5-8,17H,9H2,1-4H3. The fourth-order valence-electron chi connectivity index (χ4n) is 1.98. The highest BCUT2D eigenvalue weighted by atomic mass is 32.2. The molecule has 0 bridgehead atoms. The second-order valence-corrected chi connectivity index (χ2v) is 7.07. The van der Waals surface area contributed by atoms with Gasteiger partial charge in [0.15, 0.2) is 11.6 Å². The summed E-state index contributed by atoms with van der Waals surface area (Å²) in [7, 11) is 1.08. The lowest BCUT2D eigenvalue weighted by Gasteiger charge is -2.13. The Morgan fingerprint density at radius 3 is 2.54 bits per heavy atom. The fourth-order valence-corrected chi connectivity index (χ4v) is 2.97. The molecule has 1 heterocycles. The molecule has 2 aromatic rings. The first-order chi connectivity index (χ1) is 11.2. The molecule has 0 radical (unpaired) electrons. The predicted molar refractivity (Wildman–Crippen MR) is 88.1 cm³/mol. The van der Waals surface area contributed by atoms with Crippen molar-refractivity contribution in [1.82, 2.24) is 14.7 Å². The van der Waals surface area contributed by atoms with Crippen LogP contribution in [0.5, 0.6) is 5.75 Å². The number of anilines is 1. The van der Waals surface area contributed by atoms with Crippen molar-refractivity contribution in [3.63, 3.8) is 0 Å². The third-order valence-corrected chi connectivity index (χ3v) is 4.60. The van der Waals surface area contributed by atoms with E-state index in [1.807, 2.05) is 14.1 Å². The molecule has 2 rings (SSSR count). The predicted octanol–water partition coefficient (Wildman–Crippen LogP) is 1.48. The molecule has 1 N–H and O–H groups in total. The van der Waals surface area contributed by atoms with Gasteiger partial charge in [0.2, 0.25) is 10.0 Å². The molecule has 0 aliphatic rings. The maximum Gasteiger partial charge on any atom is 0.241 e. The molecule has 0 saturated heterocycles. The van der Waals surface area contributed by atoms with Crippen LogP contribution >= 0.6 is 0 Å². The van der Waals surface area contributed by atoms with Crippen molar-refractivity contribution in [2.45, 2.75) is 18.4 Å². The number of hydrogen-bond donors (Lipinski definition) is 1. The third-order valence-electron chi connectivity index (χ3n) is 3.20. The molecular formula is C15H19FN4O3S. The van der Waals surface area contributed by atoms with Crippen molar-refractivity contribution >= 4 is 15.8 Å². The summed E-state index contributed by atoms with van der Waals surface area (Å²) in [6.07, 6.45) is 0. The Kier molecular flexibility index (Phi) is 5.35. The molecule has 1 aromatic carbocycles. The van der Waals surface area contributed by atoms with Gasteiger partial charge < -0.3 is 9.64 Å². The lowest BCUT2D eigenvalue weighted by molar-refractivity contribution is 0.385. The van der Waals surface area contributed by atoms with Crippen molar-refractivity contribution in [3.05, 3.63) is 41.6 Å². The van der Waals surface area contributed by atoms with Gasteiger partial charge in [-0.25, -0.2) is 27.5 Å². The zero-order chi connectivity index (χ0) is 17.9. The quantitative estimate of drug-likeness (QED) is 0.846. The normalized spacial score (nSPS) is 11.4. The lowest BCUT2D eigenvalue weighted by atomic mass is 10.3. The number of nitrogens with one attached hydrogen (secondary N) is 1. The summed E-state index contributed by atoms with van der Waals surface area (Å²) in [6, 6.07) is 5.23. The second kappa shape index (κ2) is 7.10. The molecular weight excluding hydrogens is 335 g/mol. The Morgan fingerprint density at radius 2 is 1.96 bits per heavy atom. The minimum atomic E-state index is -3.89. The summed E-state index contributed by atoms with van der Waals surface area (Å²) >= 11 is 0. The van der Waals surface area contributed by atoms with Crippen LogP contribution in [0.25, 0.3) is 0 Å². The third kappa shape index (κ3) is 4.18. The highest BCUT2D eigenvalue weighted by molar-refractivity contribution is 7.89. The number of halogens is 1. The SMILES string of the molecule is COc1ccc(S(=O)(=O)NCc2nc(C)cc(N(C)C)n2)cc1F. The molecule has 0 aliphatic heterocycles. The summed E-state index contributed by atoms with van der Waals surface area (Å²) in [5, 5.41) is 0. The van der Waals surface area contributed by atoms with Crippen LogP contribution in [0.1, 0.15) is 11.5 Å². The zero-order valence-corrected chi connectivity index (χ0v) is 14.7. The number of sulfonamides is 1. The van der Waals surface area contributed by atoms with Crippen molar-refractivity contribution < 1.29 is 17.5 Å². The molecule has 0 atom stereocenters. The van der Waals surface area contributed by atoms with Gasteiger partial charge in [-0.05, 0) is 25.1 Å². The van der Waals surface area contributed by atoms with Gasteiger partial charge in [-0.2, -0.15) is 0 Å². The van der Waals surface area contributed by atoms with Gasteiger partial charge in [0.25, 0.3) is 0 Å². The van der Waals surface area contributed by atoms with Crippen LogP contribution in [0.2, 0.25) is 0 Å². The summed E-state index contributed by atoms with van der Waals surface area (Å²) < 4.78 is 45.4. The number of rotatable bonds is 6. The Labute approximate surface area is 140 Å². The van der Waals surface area contributed by atoms with Crippen LogP contribution in [-0.4, -0.2) is 39.6 Å². The number of ether oxygens (including phenoxy) is 1. The molecule has 0 unspecified atom stereocenters. The summed E-state index contributed by atoms with van der Waals surface area (Å²) in [4.78, 5) is 10.1. The molecule has 0 fully saturated rings. The van der Waals surface area contributed by atoms with Gasteiger partial charge in [-0.15, -0.1) is 0 Å². The first-order valence-corrected chi connectivity index (χ1v) is 8.56. The Bertz CT molecular complexity index is 841. The first-order valence-electron chi connectivity index (χ1n) is 7.08. The minimum Gasteiger partial charge on any atom is -0.494 e. The van der Waals surface area contributed by atoms with Crippen LogP contribution in [0.4, 0.5) is 10.2 Å². The molecule has 0 spiro atoms. The van der Waals surface area contributed by atoms with E-state index in [1.54, 1.807) is 17.9 Å². The minimum absolute atomic E-state index is 0.0217. The maximum atomic E-state index is 13.7. The number of hydrogen-bond acceptors (Lipinski definition) is 6. The highest BCUT2D eigenvalue weighted by Gasteiger charge is 2.17. The van der Waals surface area contributed by atoms with Crippen molar-refractivity contribution in [3.8, 4) is 5.75 Å². The number of aryl methyl sites for hydroxylation is 1.